The molecule has 0 radical (unpaired) electrons. The second kappa shape index (κ2) is 9.44. The molecule has 0 bridgehead atoms. The van der Waals surface area contributed by atoms with Crippen LogP contribution in [0.5, 0.6) is 11.8 Å². The number of ether oxygens (including phenoxy) is 1. The van der Waals surface area contributed by atoms with E-state index >= 15 is 0 Å². The van der Waals surface area contributed by atoms with Gasteiger partial charge in [0.15, 0.2) is 0 Å². The summed E-state index contributed by atoms with van der Waals surface area (Å²) in [5.41, 5.74) is 0.533. The first kappa shape index (κ1) is 21.3. The SMILES string of the molecule is CCn1c(=O)[nH]/c(=N\c2ccc(Oc3ncccn3)cc2)n(Cc2ccc(Cl)cc2)c1=O. The minimum absolute atomic E-state index is 0.139. The number of halogens is 1. The third-order valence-electron chi connectivity index (χ3n) is 4.57. The Labute approximate surface area is 187 Å². The summed E-state index contributed by atoms with van der Waals surface area (Å²) in [6.07, 6.45) is 3.17. The van der Waals surface area contributed by atoms with Crippen LogP contribution in [0.4, 0.5) is 5.69 Å². The van der Waals surface area contributed by atoms with Crippen molar-refractivity contribution < 1.29 is 4.74 Å². The summed E-state index contributed by atoms with van der Waals surface area (Å²) in [4.78, 5) is 40.5. The highest BCUT2D eigenvalue weighted by Crippen LogP contribution is 2.21. The van der Waals surface area contributed by atoms with Gasteiger partial charge in [0.25, 0.3) is 0 Å². The molecule has 0 amide bonds. The molecule has 2 heterocycles. The minimum Gasteiger partial charge on any atom is -0.424 e. The fourth-order valence-electron chi connectivity index (χ4n) is 2.99. The van der Waals surface area contributed by atoms with Crippen LogP contribution in [0.1, 0.15) is 12.5 Å². The van der Waals surface area contributed by atoms with Gasteiger partial charge in [0.2, 0.25) is 5.62 Å². The van der Waals surface area contributed by atoms with E-state index in [1.165, 1.54) is 4.57 Å². The predicted molar refractivity (Wildman–Crippen MR) is 119 cm³/mol. The standard InChI is InChI=1S/C22H19ClN6O3/c1-2-28-21(30)27-19(29(22(28)31)14-15-4-6-16(23)7-5-15)26-17-8-10-18(11-9-17)32-20-24-12-3-13-25-20/h3-13H,2,14H2,1H3,(H,26,27,30). The number of H-pyrrole nitrogens is 1. The van der Waals surface area contributed by atoms with E-state index in [0.717, 1.165) is 10.1 Å². The van der Waals surface area contributed by atoms with Gasteiger partial charge in [0, 0.05) is 24.0 Å². The quantitative estimate of drug-likeness (QED) is 0.486. The Morgan fingerprint density at radius 1 is 1.00 bits per heavy atom. The number of aromatic amines is 1. The molecule has 0 saturated heterocycles. The number of rotatable bonds is 6. The number of hydrogen-bond donors (Lipinski definition) is 1. The van der Waals surface area contributed by atoms with E-state index in [0.29, 0.717) is 16.5 Å². The van der Waals surface area contributed by atoms with Crippen molar-refractivity contribution in [3.63, 3.8) is 0 Å². The van der Waals surface area contributed by atoms with Crippen molar-refractivity contribution in [2.45, 2.75) is 20.0 Å². The molecule has 0 aliphatic carbocycles. The molecule has 0 spiro atoms. The summed E-state index contributed by atoms with van der Waals surface area (Å²) in [6.45, 7) is 2.19. The molecule has 1 N–H and O–H groups in total. The molecule has 4 aromatic rings. The second-order valence-electron chi connectivity index (χ2n) is 6.73. The molecule has 4 rings (SSSR count). The Kier molecular flexibility index (Phi) is 6.27. The van der Waals surface area contributed by atoms with Crippen LogP contribution in [-0.4, -0.2) is 24.1 Å². The Bertz CT molecular complexity index is 1390. The molecule has 0 saturated carbocycles. The molecule has 0 aliphatic heterocycles. The van der Waals surface area contributed by atoms with E-state index in [2.05, 4.69) is 19.9 Å². The summed E-state index contributed by atoms with van der Waals surface area (Å²) >= 11 is 5.96. The van der Waals surface area contributed by atoms with Gasteiger partial charge in [-0.3, -0.25) is 9.55 Å². The lowest BCUT2D eigenvalue weighted by Crippen LogP contribution is -2.49. The Morgan fingerprint density at radius 2 is 1.69 bits per heavy atom. The summed E-state index contributed by atoms with van der Waals surface area (Å²) in [5.74, 6) is 0.527. The van der Waals surface area contributed by atoms with Crippen LogP contribution in [0.25, 0.3) is 0 Å². The van der Waals surface area contributed by atoms with E-state index < -0.39 is 11.4 Å². The Morgan fingerprint density at radius 3 is 2.34 bits per heavy atom. The van der Waals surface area contributed by atoms with Gasteiger partial charge in [-0.05, 0) is 55.0 Å². The largest absolute Gasteiger partial charge is 0.424 e. The molecule has 2 aromatic heterocycles. The van der Waals surface area contributed by atoms with E-state index in [-0.39, 0.29) is 24.7 Å². The number of benzene rings is 2. The maximum Gasteiger partial charge on any atom is 0.335 e. The maximum absolute atomic E-state index is 12.9. The molecule has 2 aromatic carbocycles. The minimum atomic E-state index is -0.523. The summed E-state index contributed by atoms with van der Waals surface area (Å²) in [5, 5.41) is 0.597. The molecule has 162 valence electrons. The topological polar surface area (TPSA) is 107 Å². The zero-order valence-electron chi connectivity index (χ0n) is 17.1. The van der Waals surface area contributed by atoms with E-state index in [1.807, 2.05) is 12.1 Å². The lowest BCUT2D eigenvalue weighted by molar-refractivity contribution is 0.442. The van der Waals surface area contributed by atoms with Crippen molar-refractivity contribution >= 4 is 17.3 Å². The molecule has 0 fully saturated rings. The van der Waals surface area contributed by atoms with Crippen LogP contribution in [0.3, 0.4) is 0 Å². The van der Waals surface area contributed by atoms with Crippen LogP contribution < -0.4 is 21.7 Å². The predicted octanol–water partition coefficient (Wildman–Crippen LogP) is 2.87. The highest BCUT2D eigenvalue weighted by molar-refractivity contribution is 6.30. The highest BCUT2D eigenvalue weighted by Gasteiger charge is 2.09. The molecule has 0 unspecified atom stereocenters. The first-order valence-corrected chi connectivity index (χ1v) is 10.2. The fraction of sp³-hybridized carbons (Fsp3) is 0.136. The third-order valence-corrected chi connectivity index (χ3v) is 4.83. The number of hydrogen-bond acceptors (Lipinski definition) is 6. The summed E-state index contributed by atoms with van der Waals surface area (Å²) in [7, 11) is 0. The molecule has 32 heavy (non-hydrogen) atoms. The van der Waals surface area contributed by atoms with Crippen molar-refractivity contribution in [3.8, 4) is 11.8 Å². The summed E-state index contributed by atoms with van der Waals surface area (Å²) in [6, 6.07) is 15.8. The van der Waals surface area contributed by atoms with Crippen LogP contribution in [0.15, 0.2) is 81.6 Å². The zero-order valence-corrected chi connectivity index (χ0v) is 17.9. The highest BCUT2D eigenvalue weighted by atomic mass is 35.5. The van der Waals surface area contributed by atoms with Crippen LogP contribution in [0.2, 0.25) is 5.02 Å². The van der Waals surface area contributed by atoms with Crippen LogP contribution in [-0.2, 0) is 13.1 Å². The fourth-order valence-corrected chi connectivity index (χ4v) is 3.12. The van der Waals surface area contributed by atoms with Gasteiger partial charge >= 0.3 is 17.4 Å². The molecular weight excluding hydrogens is 432 g/mol. The van der Waals surface area contributed by atoms with Crippen molar-refractivity contribution in [2.75, 3.05) is 0 Å². The van der Waals surface area contributed by atoms with Crippen LogP contribution >= 0.6 is 11.6 Å². The van der Waals surface area contributed by atoms with Crippen LogP contribution in [0, 0.1) is 0 Å². The smallest absolute Gasteiger partial charge is 0.335 e. The average Bonchev–Trinajstić information content (AvgIpc) is 2.80. The number of nitrogens with one attached hydrogen (secondary N) is 1. The number of aromatic nitrogens is 5. The molecule has 9 nitrogen and oxygen atoms in total. The van der Waals surface area contributed by atoms with Crippen molar-refractivity contribution in [1.29, 1.82) is 0 Å². The normalized spacial score (nSPS) is 11.5. The van der Waals surface area contributed by atoms with Gasteiger partial charge in [-0.15, -0.1) is 0 Å². The van der Waals surface area contributed by atoms with Crippen molar-refractivity contribution in [2.24, 2.45) is 4.99 Å². The van der Waals surface area contributed by atoms with Crippen molar-refractivity contribution in [3.05, 3.63) is 104 Å². The second-order valence-corrected chi connectivity index (χ2v) is 7.17. The Hall–Kier alpha value is -3.98. The maximum atomic E-state index is 12.9. The van der Waals surface area contributed by atoms with E-state index in [9.17, 15) is 9.59 Å². The first-order valence-electron chi connectivity index (χ1n) is 9.81. The molecule has 0 atom stereocenters. The third kappa shape index (κ3) is 4.84. The van der Waals surface area contributed by atoms with Gasteiger partial charge < -0.3 is 4.74 Å². The molecule has 0 aliphatic rings. The van der Waals surface area contributed by atoms with Gasteiger partial charge in [-0.2, -0.15) is 0 Å². The lowest BCUT2D eigenvalue weighted by atomic mass is 10.2. The monoisotopic (exact) mass is 450 g/mol. The van der Waals surface area contributed by atoms with Crippen molar-refractivity contribution in [1.82, 2.24) is 24.1 Å². The average molecular weight is 451 g/mol. The Balaban J connectivity index is 1.72. The molecule has 10 heteroatoms. The van der Waals surface area contributed by atoms with Gasteiger partial charge in [-0.1, -0.05) is 23.7 Å². The number of nitrogens with zero attached hydrogens (tertiary/aromatic N) is 5. The summed E-state index contributed by atoms with van der Waals surface area (Å²) < 4.78 is 8.10. The zero-order chi connectivity index (χ0) is 22.5. The lowest BCUT2D eigenvalue weighted by Gasteiger charge is -2.10. The van der Waals surface area contributed by atoms with E-state index in [1.54, 1.807) is 61.8 Å². The van der Waals surface area contributed by atoms with Gasteiger partial charge in [0.05, 0.1) is 12.2 Å². The van der Waals surface area contributed by atoms with Gasteiger partial charge in [0.1, 0.15) is 5.75 Å². The van der Waals surface area contributed by atoms with E-state index in [4.69, 9.17) is 16.3 Å². The molecular formula is C22H19ClN6O3. The first-order chi connectivity index (χ1) is 15.5. The van der Waals surface area contributed by atoms with Gasteiger partial charge in [-0.25, -0.2) is 29.1 Å².